The summed E-state index contributed by atoms with van der Waals surface area (Å²) < 4.78 is 0. The molecule has 0 radical (unpaired) electrons. The Kier molecular flexibility index (Phi) is 4.30. The van der Waals surface area contributed by atoms with Crippen molar-refractivity contribution in [1.29, 1.82) is 0 Å². The predicted molar refractivity (Wildman–Crippen MR) is 77.2 cm³/mol. The van der Waals surface area contributed by atoms with Crippen LogP contribution in [0.3, 0.4) is 0 Å². The predicted octanol–water partition coefficient (Wildman–Crippen LogP) is 3.02. The number of nitrogens with one attached hydrogen (secondary N) is 1. The minimum absolute atomic E-state index is 0.136. The number of carbonyl (C=O) groups is 1. The molecule has 0 spiro atoms. The molecule has 1 saturated carbocycles. The maximum Gasteiger partial charge on any atom is 0.251 e. The molecule has 104 valence electrons. The molecule has 0 bridgehead atoms. The molecule has 1 aromatic heterocycles. The lowest BCUT2D eigenvalue weighted by molar-refractivity contribution is 0.0919. The molecule has 1 amide bonds. The van der Waals surface area contributed by atoms with Crippen molar-refractivity contribution in [3.63, 3.8) is 0 Å². The summed E-state index contributed by atoms with van der Waals surface area (Å²) in [5.74, 6) is 0.129. The number of amides is 1. The fourth-order valence-corrected chi connectivity index (χ4v) is 2.84. The highest BCUT2D eigenvalue weighted by atomic mass is 35.5. The number of halogens is 1. The molecule has 0 saturated heterocycles. The van der Waals surface area contributed by atoms with Crippen LogP contribution in [0.1, 0.15) is 49.4 Å². The van der Waals surface area contributed by atoms with Crippen LogP contribution >= 0.6 is 11.6 Å². The lowest BCUT2D eigenvalue weighted by Crippen LogP contribution is -2.37. The fourth-order valence-electron chi connectivity index (χ4n) is 2.63. The number of hydrogen-bond acceptors (Lipinski definition) is 3. The van der Waals surface area contributed by atoms with E-state index in [0.29, 0.717) is 12.1 Å². The van der Waals surface area contributed by atoms with Crippen molar-refractivity contribution in [2.24, 2.45) is 5.41 Å². The van der Waals surface area contributed by atoms with E-state index in [1.165, 1.54) is 38.2 Å². The molecule has 1 aliphatic carbocycles. The van der Waals surface area contributed by atoms with Gasteiger partial charge in [0.05, 0.1) is 0 Å². The van der Waals surface area contributed by atoms with E-state index in [9.17, 15) is 4.79 Å². The van der Waals surface area contributed by atoms with E-state index < -0.39 is 0 Å². The maximum absolute atomic E-state index is 12.1. The van der Waals surface area contributed by atoms with Gasteiger partial charge in [0.2, 0.25) is 0 Å². The molecular formula is C14H20ClN3O. The molecule has 1 fully saturated rings. The molecule has 1 aliphatic rings. The molecule has 3 N–H and O–H groups in total. The number of hydrogen-bond donors (Lipinski definition) is 2. The van der Waals surface area contributed by atoms with Crippen molar-refractivity contribution in [2.45, 2.75) is 39.0 Å². The van der Waals surface area contributed by atoms with Gasteiger partial charge in [0.15, 0.2) is 0 Å². The van der Waals surface area contributed by atoms with Crippen LogP contribution in [0.15, 0.2) is 12.1 Å². The molecule has 1 heterocycles. The van der Waals surface area contributed by atoms with Crippen molar-refractivity contribution < 1.29 is 4.79 Å². The van der Waals surface area contributed by atoms with Gasteiger partial charge in [-0.15, -0.1) is 0 Å². The van der Waals surface area contributed by atoms with Gasteiger partial charge < -0.3 is 11.1 Å². The first-order chi connectivity index (χ1) is 8.98. The number of nitrogens with two attached hydrogens (primary N) is 1. The van der Waals surface area contributed by atoms with E-state index in [-0.39, 0.29) is 22.3 Å². The standard InChI is InChI=1S/C14H20ClN3O/c1-14(5-3-2-4-6-14)9-17-13(19)10-7-11(15)18-12(16)8-10/h7-8H,2-6,9H2,1H3,(H2,16,18)(H,17,19). The summed E-state index contributed by atoms with van der Waals surface area (Å²) in [6, 6.07) is 3.08. The monoisotopic (exact) mass is 281 g/mol. The first kappa shape index (κ1) is 14.1. The van der Waals surface area contributed by atoms with E-state index in [1.54, 1.807) is 6.07 Å². The maximum atomic E-state index is 12.1. The van der Waals surface area contributed by atoms with Crippen molar-refractivity contribution in [2.75, 3.05) is 12.3 Å². The van der Waals surface area contributed by atoms with Gasteiger partial charge in [-0.3, -0.25) is 4.79 Å². The second kappa shape index (κ2) is 5.78. The van der Waals surface area contributed by atoms with Gasteiger partial charge in [-0.25, -0.2) is 4.98 Å². The summed E-state index contributed by atoms with van der Waals surface area (Å²) in [5.41, 5.74) is 6.27. The highest BCUT2D eigenvalue weighted by Gasteiger charge is 2.27. The summed E-state index contributed by atoms with van der Waals surface area (Å²) >= 11 is 5.80. The Hall–Kier alpha value is -1.29. The van der Waals surface area contributed by atoms with Crippen molar-refractivity contribution in [3.05, 3.63) is 22.8 Å². The zero-order chi connectivity index (χ0) is 13.9. The Morgan fingerprint density at radius 3 is 2.74 bits per heavy atom. The summed E-state index contributed by atoms with van der Waals surface area (Å²) in [7, 11) is 0. The van der Waals surface area contributed by atoms with Gasteiger partial charge >= 0.3 is 0 Å². The normalized spacial score (nSPS) is 18.0. The lowest BCUT2D eigenvalue weighted by Gasteiger charge is -2.33. The van der Waals surface area contributed by atoms with Crippen molar-refractivity contribution in [3.8, 4) is 0 Å². The third-order valence-corrected chi connectivity index (χ3v) is 4.01. The molecule has 5 heteroatoms. The Morgan fingerprint density at radius 1 is 1.42 bits per heavy atom. The van der Waals surface area contributed by atoms with Gasteiger partial charge in [-0.2, -0.15) is 0 Å². The number of nitrogen functional groups attached to an aromatic ring is 1. The molecule has 0 aromatic carbocycles. The average Bonchev–Trinajstić information content (AvgIpc) is 2.36. The summed E-state index contributed by atoms with van der Waals surface area (Å²) in [6.07, 6.45) is 6.15. The third kappa shape index (κ3) is 3.83. The van der Waals surface area contributed by atoms with E-state index >= 15 is 0 Å². The Bertz CT molecular complexity index is 450. The van der Waals surface area contributed by atoms with Crippen LogP contribution < -0.4 is 11.1 Å². The molecule has 0 atom stereocenters. The van der Waals surface area contributed by atoms with Gasteiger partial charge in [-0.1, -0.05) is 37.8 Å². The van der Waals surface area contributed by atoms with Crippen LogP contribution in [0.5, 0.6) is 0 Å². The lowest BCUT2D eigenvalue weighted by atomic mass is 9.76. The van der Waals surface area contributed by atoms with Crippen LogP contribution in [-0.4, -0.2) is 17.4 Å². The second-order valence-electron chi connectivity index (χ2n) is 5.66. The molecule has 0 aliphatic heterocycles. The molecule has 0 unspecified atom stereocenters. The fraction of sp³-hybridized carbons (Fsp3) is 0.571. The highest BCUT2D eigenvalue weighted by molar-refractivity contribution is 6.29. The Labute approximate surface area is 118 Å². The quantitative estimate of drug-likeness (QED) is 0.837. The summed E-state index contributed by atoms with van der Waals surface area (Å²) in [6.45, 7) is 2.94. The van der Waals surface area contributed by atoms with E-state index in [4.69, 9.17) is 17.3 Å². The Balaban J connectivity index is 1.97. The van der Waals surface area contributed by atoms with Crippen LogP contribution in [0.4, 0.5) is 5.82 Å². The Morgan fingerprint density at radius 2 is 2.11 bits per heavy atom. The van der Waals surface area contributed by atoms with Crippen molar-refractivity contribution in [1.82, 2.24) is 10.3 Å². The van der Waals surface area contributed by atoms with E-state index in [2.05, 4.69) is 17.2 Å². The largest absolute Gasteiger partial charge is 0.384 e. The van der Waals surface area contributed by atoms with Crippen LogP contribution in [0.25, 0.3) is 0 Å². The smallest absolute Gasteiger partial charge is 0.251 e. The van der Waals surface area contributed by atoms with Gasteiger partial charge in [0.1, 0.15) is 11.0 Å². The average molecular weight is 282 g/mol. The van der Waals surface area contributed by atoms with Gasteiger partial charge in [-0.05, 0) is 30.4 Å². The van der Waals surface area contributed by atoms with E-state index in [1.807, 2.05) is 0 Å². The third-order valence-electron chi connectivity index (χ3n) is 3.81. The molecule has 19 heavy (non-hydrogen) atoms. The highest BCUT2D eigenvalue weighted by Crippen LogP contribution is 2.34. The first-order valence-corrected chi connectivity index (χ1v) is 7.08. The topological polar surface area (TPSA) is 68.0 Å². The summed E-state index contributed by atoms with van der Waals surface area (Å²) in [5, 5.41) is 3.23. The van der Waals surface area contributed by atoms with Crippen LogP contribution in [-0.2, 0) is 0 Å². The number of anilines is 1. The van der Waals surface area contributed by atoms with Crippen LogP contribution in [0, 0.1) is 5.41 Å². The van der Waals surface area contributed by atoms with Crippen molar-refractivity contribution >= 4 is 23.3 Å². The molecule has 2 rings (SSSR count). The van der Waals surface area contributed by atoms with E-state index in [0.717, 1.165) is 0 Å². The zero-order valence-electron chi connectivity index (χ0n) is 11.2. The number of pyridine rings is 1. The molecule has 1 aromatic rings. The second-order valence-corrected chi connectivity index (χ2v) is 6.04. The molecule has 4 nitrogen and oxygen atoms in total. The minimum Gasteiger partial charge on any atom is -0.384 e. The zero-order valence-corrected chi connectivity index (χ0v) is 12.0. The first-order valence-electron chi connectivity index (χ1n) is 6.70. The summed E-state index contributed by atoms with van der Waals surface area (Å²) in [4.78, 5) is 15.9. The number of nitrogens with zero attached hydrogens (tertiary/aromatic N) is 1. The molecular weight excluding hydrogens is 262 g/mol. The minimum atomic E-state index is -0.136. The van der Waals surface area contributed by atoms with Gasteiger partial charge in [0, 0.05) is 12.1 Å². The SMILES string of the molecule is CC1(CNC(=O)c2cc(N)nc(Cl)c2)CCCCC1. The number of rotatable bonds is 3. The number of carbonyl (C=O) groups excluding carboxylic acids is 1. The van der Waals surface area contributed by atoms with Crippen LogP contribution in [0.2, 0.25) is 5.15 Å². The van der Waals surface area contributed by atoms with Gasteiger partial charge in [0.25, 0.3) is 5.91 Å². The number of aromatic nitrogens is 1.